The van der Waals surface area contributed by atoms with Crippen LogP contribution in [0.3, 0.4) is 0 Å². The number of nitrogens with one attached hydrogen (secondary N) is 1. The molecule has 1 saturated heterocycles. The molecule has 1 aromatic rings. The molecule has 4 nitrogen and oxygen atoms in total. The highest BCUT2D eigenvalue weighted by Crippen LogP contribution is 2.45. The van der Waals surface area contributed by atoms with Crippen molar-refractivity contribution >= 4 is 6.09 Å². The van der Waals surface area contributed by atoms with E-state index in [1.165, 1.54) is 12.0 Å². The van der Waals surface area contributed by atoms with E-state index in [0.717, 1.165) is 25.9 Å². The minimum atomic E-state index is -0.429. The molecule has 23 heavy (non-hydrogen) atoms. The molecule has 2 fully saturated rings. The summed E-state index contributed by atoms with van der Waals surface area (Å²) in [5, 5.41) is 3.01. The zero-order chi connectivity index (χ0) is 16.4. The van der Waals surface area contributed by atoms with Gasteiger partial charge in [0.05, 0.1) is 0 Å². The van der Waals surface area contributed by atoms with E-state index >= 15 is 0 Å². The van der Waals surface area contributed by atoms with Crippen molar-refractivity contribution < 1.29 is 9.53 Å². The Hall–Kier alpha value is -1.55. The Labute approximate surface area is 139 Å². The SMILES string of the molecule is CC(C)(C)OC(=O)NC1CCN(C2CC2c2ccccc2)CC1. The van der Waals surface area contributed by atoms with E-state index < -0.39 is 5.60 Å². The minimum absolute atomic E-state index is 0.245. The zero-order valence-electron chi connectivity index (χ0n) is 14.4. The molecule has 2 aliphatic rings. The van der Waals surface area contributed by atoms with Gasteiger partial charge in [0.25, 0.3) is 0 Å². The molecule has 1 aromatic carbocycles. The number of likely N-dealkylation sites (tertiary alicyclic amines) is 1. The highest BCUT2D eigenvalue weighted by molar-refractivity contribution is 5.68. The van der Waals surface area contributed by atoms with Crippen LogP contribution in [0.25, 0.3) is 0 Å². The predicted octanol–water partition coefficient (Wildman–Crippen LogP) is 3.53. The average molecular weight is 316 g/mol. The molecule has 0 aromatic heterocycles. The summed E-state index contributed by atoms with van der Waals surface area (Å²) < 4.78 is 5.34. The number of ether oxygens (including phenoxy) is 1. The maximum absolute atomic E-state index is 11.8. The molecular formula is C19H28N2O2. The Kier molecular flexibility index (Phi) is 4.62. The Morgan fingerprint density at radius 1 is 1.17 bits per heavy atom. The number of hydrogen-bond donors (Lipinski definition) is 1. The average Bonchev–Trinajstić information content (AvgIpc) is 3.27. The maximum atomic E-state index is 11.8. The highest BCUT2D eigenvalue weighted by atomic mass is 16.6. The van der Waals surface area contributed by atoms with Crippen molar-refractivity contribution in [3.8, 4) is 0 Å². The van der Waals surface area contributed by atoms with E-state index in [0.29, 0.717) is 12.0 Å². The summed E-state index contributed by atoms with van der Waals surface area (Å²) in [7, 11) is 0. The first-order chi connectivity index (χ1) is 10.9. The van der Waals surface area contributed by atoms with Gasteiger partial charge in [0.1, 0.15) is 5.60 Å². The van der Waals surface area contributed by atoms with Crippen molar-refractivity contribution in [3.05, 3.63) is 35.9 Å². The van der Waals surface area contributed by atoms with Crippen LogP contribution in [0.5, 0.6) is 0 Å². The number of amides is 1. The topological polar surface area (TPSA) is 41.6 Å². The van der Waals surface area contributed by atoms with Crippen molar-refractivity contribution in [2.45, 2.75) is 63.6 Å². The van der Waals surface area contributed by atoms with Crippen molar-refractivity contribution in [2.24, 2.45) is 0 Å². The molecule has 1 N–H and O–H groups in total. The molecule has 4 heteroatoms. The fourth-order valence-electron chi connectivity index (χ4n) is 3.49. The van der Waals surface area contributed by atoms with E-state index in [1.54, 1.807) is 0 Å². The smallest absolute Gasteiger partial charge is 0.407 e. The molecule has 0 radical (unpaired) electrons. The van der Waals surface area contributed by atoms with Crippen molar-refractivity contribution in [2.75, 3.05) is 13.1 Å². The molecule has 1 aliphatic carbocycles. The summed E-state index contributed by atoms with van der Waals surface area (Å²) in [6.45, 7) is 7.81. The van der Waals surface area contributed by atoms with E-state index in [2.05, 4.69) is 40.5 Å². The van der Waals surface area contributed by atoms with E-state index in [4.69, 9.17) is 4.74 Å². The first-order valence-corrected chi connectivity index (χ1v) is 8.71. The third-order valence-corrected chi connectivity index (χ3v) is 4.70. The molecule has 1 amide bonds. The molecule has 1 heterocycles. The summed E-state index contributed by atoms with van der Waals surface area (Å²) >= 11 is 0. The molecule has 2 atom stereocenters. The van der Waals surface area contributed by atoms with E-state index in [1.807, 2.05) is 20.8 Å². The Morgan fingerprint density at radius 3 is 2.43 bits per heavy atom. The second kappa shape index (κ2) is 6.52. The molecule has 1 saturated carbocycles. The summed E-state index contributed by atoms with van der Waals surface area (Å²) in [5.41, 5.74) is 1.04. The number of alkyl carbamates (subject to hydrolysis) is 1. The van der Waals surface area contributed by atoms with Gasteiger partial charge in [-0.15, -0.1) is 0 Å². The third kappa shape index (κ3) is 4.47. The number of piperidine rings is 1. The van der Waals surface area contributed by atoms with Crippen LogP contribution in [-0.2, 0) is 4.74 Å². The standard InChI is InChI=1S/C19H28N2O2/c1-19(2,3)23-18(22)20-15-9-11-21(12-10-15)17-13-16(17)14-7-5-4-6-8-14/h4-8,15-17H,9-13H2,1-3H3,(H,20,22). The number of benzene rings is 1. The van der Waals surface area contributed by atoms with Gasteiger partial charge in [-0.25, -0.2) is 4.79 Å². The fraction of sp³-hybridized carbons (Fsp3) is 0.632. The van der Waals surface area contributed by atoms with Gasteiger partial charge >= 0.3 is 6.09 Å². The van der Waals surface area contributed by atoms with Crippen LogP contribution in [0.1, 0.15) is 51.5 Å². The second-order valence-corrected chi connectivity index (χ2v) is 7.78. The van der Waals surface area contributed by atoms with Gasteiger partial charge in [-0.2, -0.15) is 0 Å². The summed E-state index contributed by atoms with van der Waals surface area (Å²) in [5.74, 6) is 0.701. The van der Waals surface area contributed by atoms with Gasteiger partial charge in [-0.3, -0.25) is 4.90 Å². The minimum Gasteiger partial charge on any atom is -0.444 e. The zero-order valence-corrected chi connectivity index (χ0v) is 14.4. The van der Waals surface area contributed by atoms with Crippen LogP contribution in [0.15, 0.2) is 30.3 Å². The molecule has 3 rings (SSSR count). The number of carbonyl (C=O) groups is 1. The summed E-state index contributed by atoms with van der Waals surface area (Å²) in [4.78, 5) is 14.4. The van der Waals surface area contributed by atoms with Crippen LogP contribution < -0.4 is 5.32 Å². The van der Waals surface area contributed by atoms with Crippen molar-refractivity contribution in [3.63, 3.8) is 0 Å². The summed E-state index contributed by atoms with van der Waals surface area (Å²) in [6, 6.07) is 11.7. The van der Waals surface area contributed by atoms with Crippen LogP contribution in [-0.4, -0.2) is 41.8 Å². The van der Waals surface area contributed by atoms with Gasteiger partial charge in [-0.05, 0) is 45.6 Å². The quantitative estimate of drug-likeness (QED) is 0.927. The van der Waals surface area contributed by atoms with Gasteiger partial charge in [0.15, 0.2) is 0 Å². The van der Waals surface area contributed by atoms with E-state index in [-0.39, 0.29) is 12.1 Å². The molecule has 0 spiro atoms. The summed E-state index contributed by atoms with van der Waals surface area (Å²) in [6.07, 6.45) is 3.01. The lowest BCUT2D eigenvalue weighted by Crippen LogP contribution is -2.46. The number of hydrogen-bond acceptors (Lipinski definition) is 3. The maximum Gasteiger partial charge on any atom is 0.407 e. The molecular weight excluding hydrogens is 288 g/mol. The van der Waals surface area contributed by atoms with Crippen LogP contribution in [0.4, 0.5) is 4.79 Å². The number of rotatable bonds is 3. The molecule has 1 aliphatic heterocycles. The lowest BCUT2D eigenvalue weighted by Gasteiger charge is -2.33. The first-order valence-electron chi connectivity index (χ1n) is 8.71. The van der Waals surface area contributed by atoms with Gasteiger partial charge in [0.2, 0.25) is 0 Å². The lowest BCUT2D eigenvalue weighted by atomic mass is 10.0. The third-order valence-electron chi connectivity index (χ3n) is 4.70. The normalized spacial score (nSPS) is 25.9. The van der Waals surface area contributed by atoms with Gasteiger partial charge < -0.3 is 10.1 Å². The van der Waals surface area contributed by atoms with Crippen LogP contribution in [0, 0.1) is 0 Å². The Morgan fingerprint density at radius 2 is 1.83 bits per heavy atom. The Balaban J connectivity index is 1.42. The highest BCUT2D eigenvalue weighted by Gasteiger charge is 2.43. The van der Waals surface area contributed by atoms with Crippen molar-refractivity contribution in [1.82, 2.24) is 10.2 Å². The van der Waals surface area contributed by atoms with Crippen LogP contribution in [0.2, 0.25) is 0 Å². The second-order valence-electron chi connectivity index (χ2n) is 7.78. The Bertz CT molecular complexity index is 530. The van der Waals surface area contributed by atoms with E-state index in [9.17, 15) is 4.79 Å². The molecule has 2 unspecified atom stereocenters. The monoisotopic (exact) mass is 316 g/mol. The number of carbonyl (C=O) groups excluding carboxylic acids is 1. The van der Waals surface area contributed by atoms with Gasteiger partial charge in [0, 0.05) is 31.1 Å². The molecule has 0 bridgehead atoms. The van der Waals surface area contributed by atoms with Crippen LogP contribution >= 0.6 is 0 Å². The molecule has 126 valence electrons. The van der Waals surface area contributed by atoms with Gasteiger partial charge in [-0.1, -0.05) is 30.3 Å². The lowest BCUT2D eigenvalue weighted by molar-refractivity contribution is 0.0477. The number of nitrogens with zero attached hydrogens (tertiary/aromatic N) is 1. The van der Waals surface area contributed by atoms with Crippen molar-refractivity contribution in [1.29, 1.82) is 0 Å². The largest absolute Gasteiger partial charge is 0.444 e. The fourth-order valence-corrected chi connectivity index (χ4v) is 3.49. The first kappa shape index (κ1) is 16.3. The predicted molar refractivity (Wildman–Crippen MR) is 91.6 cm³/mol.